The van der Waals surface area contributed by atoms with Crippen LogP contribution < -0.4 is 4.74 Å². The monoisotopic (exact) mass is 311 g/mol. The minimum Gasteiger partial charge on any atom is -0.491 e. The normalized spacial score (nSPS) is 18.3. The number of benzene rings is 1. The summed E-state index contributed by atoms with van der Waals surface area (Å²) in [6.45, 7) is 1.14. The van der Waals surface area contributed by atoms with E-state index in [0.29, 0.717) is 30.3 Å². The Labute approximate surface area is 128 Å². The smallest absolute Gasteiger partial charge is 0.308 e. The van der Waals surface area contributed by atoms with E-state index in [9.17, 15) is 9.59 Å². The van der Waals surface area contributed by atoms with Crippen LogP contribution in [0.1, 0.15) is 19.3 Å². The van der Waals surface area contributed by atoms with Gasteiger partial charge in [-0.05, 0) is 25.0 Å². The van der Waals surface area contributed by atoms with Gasteiger partial charge in [0.05, 0.1) is 24.0 Å². The average Bonchev–Trinajstić information content (AvgIpc) is 2.49. The van der Waals surface area contributed by atoms with E-state index in [-0.39, 0.29) is 18.9 Å². The van der Waals surface area contributed by atoms with Crippen molar-refractivity contribution in [2.24, 2.45) is 5.92 Å². The summed E-state index contributed by atoms with van der Waals surface area (Å²) in [5.41, 5.74) is 0. The second-order valence-electron chi connectivity index (χ2n) is 5.05. The maximum atomic E-state index is 12.1. The minimum absolute atomic E-state index is 0.0759. The minimum atomic E-state index is -0.834. The van der Waals surface area contributed by atoms with Gasteiger partial charge >= 0.3 is 5.97 Å². The molecule has 0 spiro atoms. The number of likely N-dealkylation sites (tertiary alicyclic amines) is 1. The van der Waals surface area contributed by atoms with Crippen LogP contribution in [0.15, 0.2) is 24.3 Å². The molecule has 1 aliphatic rings. The van der Waals surface area contributed by atoms with E-state index in [1.807, 2.05) is 6.07 Å². The van der Waals surface area contributed by atoms with Crippen molar-refractivity contribution in [3.63, 3.8) is 0 Å². The van der Waals surface area contributed by atoms with Crippen LogP contribution in [-0.2, 0) is 9.59 Å². The largest absolute Gasteiger partial charge is 0.491 e. The Bertz CT molecular complexity index is 520. The molecule has 6 heteroatoms. The molecule has 21 heavy (non-hydrogen) atoms. The van der Waals surface area contributed by atoms with Crippen molar-refractivity contribution in [2.45, 2.75) is 19.3 Å². The van der Waals surface area contributed by atoms with Crippen LogP contribution in [0.25, 0.3) is 0 Å². The van der Waals surface area contributed by atoms with E-state index in [4.69, 9.17) is 21.4 Å². The first kappa shape index (κ1) is 15.6. The summed E-state index contributed by atoms with van der Waals surface area (Å²) in [4.78, 5) is 24.7. The lowest BCUT2D eigenvalue weighted by Crippen LogP contribution is -2.42. The number of piperidine rings is 1. The summed E-state index contributed by atoms with van der Waals surface area (Å²) < 4.78 is 5.48. The Balaban J connectivity index is 1.79. The number of carbonyl (C=O) groups excluding carboxylic acids is 1. The van der Waals surface area contributed by atoms with Gasteiger partial charge in [0.1, 0.15) is 5.75 Å². The van der Waals surface area contributed by atoms with Gasteiger partial charge in [0.2, 0.25) is 5.91 Å². The Hall–Kier alpha value is -1.75. The molecule has 0 aromatic heterocycles. The summed E-state index contributed by atoms with van der Waals surface area (Å²) in [6, 6.07) is 7.08. The summed E-state index contributed by atoms with van der Waals surface area (Å²) in [7, 11) is 0. The molecule has 1 N–H and O–H groups in total. The number of halogens is 1. The zero-order valence-corrected chi connectivity index (χ0v) is 12.4. The standard InChI is InChI=1S/C15H18ClNO4/c16-12-5-1-2-6-13(12)21-9-7-14(18)17-8-3-4-11(10-17)15(19)20/h1-2,5-6,11H,3-4,7-10H2,(H,19,20). The van der Waals surface area contributed by atoms with Gasteiger partial charge in [0.15, 0.2) is 0 Å². The van der Waals surface area contributed by atoms with Crippen molar-refractivity contribution < 1.29 is 19.4 Å². The fourth-order valence-corrected chi connectivity index (χ4v) is 2.56. The third-order valence-corrected chi connectivity index (χ3v) is 3.85. The molecular weight excluding hydrogens is 294 g/mol. The maximum Gasteiger partial charge on any atom is 0.308 e. The number of carboxylic acids is 1. The zero-order chi connectivity index (χ0) is 15.2. The lowest BCUT2D eigenvalue weighted by atomic mass is 9.98. The van der Waals surface area contributed by atoms with Gasteiger partial charge in [0.25, 0.3) is 0 Å². The number of carboxylic acid groups (broad SMARTS) is 1. The number of amides is 1. The third-order valence-electron chi connectivity index (χ3n) is 3.53. The molecule has 0 bridgehead atoms. The van der Waals surface area contributed by atoms with Gasteiger partial charge < -0.3 is 14.7 Å². The highest BCUT2D eigenvalue weighted by molar-refractivity contribution is 6.32. The van der Waals surface area contributed by atoms with Crippen LogP contribution in [0, 0.1) is 5.92 Å². The number of ether oxygens (including phenoxy) is 1. The van der Waals surface area contributed by atoms with Crippen LogP contribution in [0.2, 0.25) is 5.02 Å². The molecule has 1 aliphatic heterocycles. The van der Waals surface area contributed by atoms with Crippen molar-refractivity contribution in [2.75, 3.05) is 19.7 Å². The number of hydrogen-bond acceptors (Lipinski definition) is 3. The van der Waals surface area contributed by atoms with Crippen LogP contribution in [0.4, 0.5) is 0 Å². The van der Waals surface area contributed by atoms with E-state index in [2.05, 4.69) is 0 Å². The van der Waals surface area contributed by atoms with E-state index in [0.717, 1.165) is 6.42 Å². The Morgan fingerprint density at radius 2 is 2.14 bits per heavy atom. The highest BCUT2D eigenvalue weighted by Gasteiger charge is 2.27. The molecule has 0 aliphatic carbocycles. The fraction of sp³-hybridized carbons (Fsp3) is 0.467. The Kier molecular flexibility index (Phi) is 5.44. The van der Waals surface area contributed by atoms with Gasteiger partial charge in [-0.25, -0.2) is 0 Å². The van der Waals surface area contributed by atoms with Crippen LogP contribution in [-0.4, -0.2) is 41.6 Å². The van der Waals surface area contributed by atoms with Crippen molar-refractivity contribution >= 4 is 23.5 Å². The number of rotatable bonds is 5. The lowest BCUT2D eigenvalue weighted by molar-refractivity contribution is -0.145. The van der Waals surface area contributed by atoms with E-state index < -0.39 is 11.9 Å². The number of para-hydroxylation sites is 1. The number of aliphatic carboxylic acids is 1. The predicted octanol–water partition coefficient (Wildman–Crippen LogP) is 2.43. The van der Waals surface area contributed by atoms with Gasteiger partial charge in [0, 0.05) is 13.1 Å². The second-order valence-corrected chi connectivity index (χ2v) is 5.45. The van der Waals surface area contributed by atoms with E-state index >= 15 is 0 Å². The van der Waals surface area contributed by atoms with Gasteiger partial charge in [-0.1, -0.05) is 23.7 Å². The molecule has 114 valence electrons. The first-order valence-electron chi connectivity index (χ1n) is 6.96. The van der Waals surface area contributed by atoms with E-state index in [1.165, 1.54) is 0 Å². The SMILES string of the molecule is O=C(O)C1CCCN(C(=O)CCOc2ccccc2Cl)C1. The topological polar surface area (TPSA) is 66.8 Å². The first-order chi connectivity index (χ1) is 10.1. The molecule has 1 saturated heterocycles. The van der Waals surface area contributed by atoms with Crippen LogP contribution in [0.5, 0.6) is 5.75 Å². The first-order valence-corrected chi connectivity index (χ1v) is 7.33. The van der Waals surface area contributed by atoms with Gasteiger partial charge in [-0.3, -0.25) is 9.59 Å². The highest BCUT2D eigenvalue weighted by Crippen LogP contribution is 2.23. The van der Waals surface area contributed by atoms with E-state index in [1.54, 1.807) is 23.1 Å². The van der Waals surface area contributed by atoms with Gasteiger partial charge in [-0.15, -0.1) is 0 Å². The molecule has 1 amide bonds. The molecule has 0 saturated carbocycles. The second kappa shape index (κ2) is 7.31. The maximum absolute atomic E-state index is 12.1. The molecule has 0 radical (unpaired) electrons. The summed E-state index contributed by atoms with van der Waals surface area (Å²) in [6.07, 6.45) is 1.58. The molecular formula is C15H18ClNO4. The lowest BCUT2D eigenvalue weighted by Gasteiger charge is -2.30. The molecule has 1 aromatic rings. The summed E-state index contributed by atoms with van der Waals surface area (Å²) in [5.74, 6) is -0.811. The molecule has 1 atom stereocenters. The molecule has 1 unspecified atom stereocenters. The molecule has 1 fully saturated rings. The quantitative estimate of drug-likeness (QED) is 0.907. The highest BCUT2D eigenvalue weighted by atomic mass is 35.5. The number of hydrogen-bond donors (Lipinski definition) is 1. The van der Waals surface area contributed by atoms with Crippen molar-refractivity contribution in [1.82, 2.24) is 4.90 Å². The fourth-order valence-electron chi connectivity index (χ4n) is 2.37. The molecule has 1 aromatic carbocycles. The molecule has 5 nitrogen and oxygen atoms in total. The van der Waals surface area contributed by atoms with Crippen molar-refractivity contribution in [3.05, 3.63) is 29.3 Å². The number of carbonyl (C=O) groups is 2. The average molecular weight is 312 g/mol. The Morgan fingerprint density at radius 3 is 2.86 bits per heavy atom. The summed E-state index contributed by atoms with van der Waals surface area (Å²) in [5, 5.41) is 9.52. The van der Waals surface area contributed by atoms with Crippen molar-refractivity contribution in [3.8, 4) is 5.75 Å². The zero-order valence-electron chi connectivity index (χ0n) is 11.6. The van der Waals surface area contributed by atoms with Crippen molar-refractivity contribution in [1.29, 1.82) is 0 Å². The molecule has 2 rings (SSSR count). The third kappa shape index (κ3) is 4.36. The molecule has 1 heterocycles. The summed E-state index contributed by atoms with van der Waals surface area (Å²) >= 11 is 5.96. The van der Waals surface area contributed by atoms with Gasteiger partial charge in [-0.2, -0.15) is 0 Å². The number of nitrogens with zero attached hydrogens (tertiary/aromatic N) is 1. The van der Waals surface area contributed by atoms with Crippen LogP contribution >= 0.6 is 11.6 Å². The Morgan fingerprint density at radius 1 is 1.38 bits per heavy atom. The predicted molar refractivity (Wildman–Crippen MR) is 78.5 cm³/mol. The van der Waals surface area contributed by atoms with Crippen LogP contribution in [0.3, 0.4) is 0 Å².